The number of rotatable bonds is 7. The van der Waals surface area contributed by atoms with Gasteiger partial charge < -0.3 is 15.4 Å². The highest BCUT2D eigenvalue weighted by molar-refractivity contribution is 5.63. The van der Waals surface area contributed by atoms with Gasteiger partial charge in [0.1, 0.15) is 0 Å². The Hall–Kier alpha value is -1.82. The van der Waals surface area contributed by atoms with Crippen LogP contribution in [0.5, 0.6) is 0 Å². The lowest BCUT2D eigenvalue weighted by Gasteiger charge is -2.13. The Morgan fingerprint density at radius 1 is 1.33 bits per heavy atom. The Labute approximate surface area is 106 Å². The van der Waals surface area contributed by atoms with Crippen molar-refractivity contribution < 1.29 is 9.66 Å². The maximum Gasteiger partial charge on any atom is 0.273 e. The number of hydrogen-bond acceptors (Lipinski definition) is 5. The number of ether oxygens (including phenoxy) is 1. The fourth-order valence-corrected chi connectivity index (χ4v) is 1.47. The molecule has 0 heterocycles. The lowest BCUT2D eigenvalue weighted by molar-refractivity contribution is -0.384. The molecule has 2 N–H and O–H groups in total. The Morgan fingerprint density at radius 2 is 1.94 bits per heavy atom. The molecule has 0 fully saturated rings. The fourth-order valence-electron chi connectivity index (χ4n) is 1.47. The van der Waals surface area contributed by atoms with E-state index in [-0.39, 0.29) is 11.8 Å². The lowest BCUT2D eigenvalue weighted by Crippen LogP contribution is -2.18. The summed E-state index contributed by atoms with van der Waals surface area (Å²) in [4.78, 5) is 10.4. The maximum atomic E-state index is 10.8. The molecule has 0 bridgehead atoms. The summed E-state index contributed by atoms with van der Waals surface area (Å²) in [6.45, 7) is 5.19. The van der Waals surface area contributed by atoms with Crippen LogP contribution in [-0.2, 0) is 4.74 Å². The number of anilines is 2. The minimum Gasteiger partial charge on any atom is -0.385 e. The maximum absolute atomic E-state index is 10.8. The minimum atomic E-state index is -0.397. The van der Waals surface area contributed by atoms with Crippen molar-refractivity contribution in [1.29, 1.82) is 0 Å². The number of non-ortho nitro benzene ring substituents is 1. The average molecular weight is 253 g/mol. The number of hydrogen-bond donors (Lipinski definition) is 2. The Bertz CT molecular complexity index is 410. The molecule has 1 aromatic rings. The summed E-state index contributed by atoms with van der Waals surface area (Å²) in [6.07, 6.45) is 0.0480. The van der Waals surface area contributed by atoms with Gasteiger partial charge in [0.25, 0.3) is 5.69 Å². The molecule has 6 nitrogen and oxygen atoms in total. The van der Waals surface area contributed by atoms with Crippen LogP contribution in [0.2, 0.25) is 0 Å². The van der Waals surface area contributed by atoms with Crippen LogP contribution in [0.15, 0.2) is 18.2 Å². The third-order valence-corrected chi connectivity index (χ3v) is 2.51. The van der Waals surface area contributed by atoms with E-state index >= 15 is 0 Å². The Kier molecular flexibility index (Phi) is 5.38. The molecule has 0 aliphatic heterocycles. The molecule has 0 spiro atoms. The van der Waals surface area contributed by atoms with Crippen molar-refractivity contribution in [1.82, 2.24) is 0 Å². The van der Waals surface area contributed by atoms with Gasteiger partial charge in [-0.25, -0.2) is 0 Å². The standard InChI is InChI=1S/C12H19N3O3/c1-4-13-10-5-11(14-8-9(2)18-3)7-12(6-10)15(16)17/h5-7,9,13-14H,4,8H2,1-3H3. The first-order valence-corrected chi connectivity index (χ1v) is 5.86. The van der Waals surface area contributed by atoms with Crippen LogP contribution in [-0.4, -0.2) is 31.2 Å². The van der Waals surface area contributed by atoms with Crippen LogP contribution in [0.1, 0.15) is 13.8 Å². The van der Waals surface area contributed by atoms with Gasteiger partial charge in [-0.05, 0) is 19.9 Å². The SMILES string of the molecule is CCNc1cc(NCC(C)OC)cc([N+](=O)[O-])c1. The molecule has 0 aliphatic carbocycles. The summed E-state index contributed by atoms with van der Waals surface area (Å²) in [5.41, 5.74) is 1.52. The second-order valence-electron chi connectivity index (χ2n) is 3.98. The summed E-state index contributed by atoms with van der Waals surface area (Å²) in [6, 6.07) is 4.89. The van der Waals surface area contributed by atoms with Gasteiger partial charge in [0, 0.05) is 43.7 Å². The van der Waals surface area contributed by atoms with Gasteiger partial charge in [-0.2, -0.15) is 0 Å². The summed E-state index contributed by atoms with van der Waals surface area (Å²) >= 11 is 0. The van der Waals surface area contributed by atoms with Gasteiger partial charge in [0.2, 0.25) is 0 Å². The predicted molar refractivity (Wildman–Crippen MR) is 72.2 cm³/mol. The largest absolute Gasteiger partial charge is 0.385 e. The van der Waals surface area contributed by atoms with E-state index in [1.54, 1.807) is 7.11 Å². The van der Waals surface area contributed by atoms with Crippen LogP contribution in [0, 0.1) is 10.1 Å². The van der Waals surface area contributed by atoms with E-state index in [1.807, 2.05) is 19.9 Å². The smallest absolute Gasteiger partial charge is 0.273 e. The van der Waals surface area contributed by atoms with Gasteiger partial charge in [-0.3, -0.25) is 10.1 Å². The van der Waals surface area contributed by atoms with E-state index in [0.29, 0.717) is 12.2 Å². The highest BCUT2D eigenvalue weighted by Gasteiger charge is 2.10. The lowest BCUT2D eigenvalue weighted by atomic mass is 10.2. The topological polar surface area (TPSA) is 76.4 Å². The molecule has 0 aromatic heterocycles. The molecule has 1 aromatic carbocycles. The molecule has 0 saturated heterocycles. The third-order valence-electron chi connectivity index (χ3n) is 2.51. The van der Waals surface area contributed by atoms with Gasteiger partial charge in [-0.15, -0.1) is 0 Å². The molecule has 100 valence electrons. The number of benzene rings is 1. The first-order chi connectivity index (χ1) is 8.56. The van der Waals surface area contributed by atoms with Crippen molar-refractivity contribution in [2.24, 2.45) is 0 Å². The molecular formula is C12H19N3O3. The van der Waals surface area contributed by atoms with Gasteiger partial charge in [-0.1, -0.05) is 0 Å². The van der Waals surface area contributed by atoms with Crippen molar-refractivity contribution in [2.75, 3.05) is 30.8 Å². The van der Waals surface area contributed by atoms with Crippen LogP contribution in [0.25, 0.3) is 0 Å². The second-order valence-corrected chi connectivity index (χ2v) is 3.98. The number of nitro groups is 1. The van der Waals surface area contributed by atoms with Crippen molar-refractivity contribution in [2.45, 2.75) is 20.0 Å². The zero-order chi connectivity index (χ0) is 13.5. The van der Waals surface area contributed by atoms with Crippen LogP contribution in [0.3, 0.4) is 0 Å². The number of nitrogens with one attached hydrogen (secondary N) is 2. The molecule has 18 heavy (non-hydrogen) atoms. The molecule has 0 radical (unpaired) electrons. The average Bonchev–Trinajstić information content (AvgIpc) is 2.36. The summed E-state index contributed by atoms with van der Waals surface area (Å²) in [7, 11) is 1.63. The molecule has 0 saturated carbocycles. The van der Waals surface area contributed by atoms with Gasteiger partial charge in [0.15, 0.2) is 0 Å². The van der Waals surface area contributed by atoms with Gasteiger partial charge >= 0.3 is 0 Å². The summed E-state index contributed by atoms with van der Waals surface area (Å²) in [5.74, 6) is 0. The normalized spacial score (nSPS) is 11.9. The zero-order valence-electron chi connectivity index (χ0n) is 10.9. The molecule has 0 amide bonds. The van der Waals surface area contributed by atoms with E-state index in [4.69, 9.17) is 4.74 Å². The van der Waals surface area contributed by atoms with Crippen molar-refractivity contribution in [3.8, 4) is 0 Å². The summed E-state index contributed by atoms with van der Waals surface area (Å²) in [5, 5.41) is 17.0. The Morgan fingerprint density at radius 3 is 2.44 bits per heavy atom. The second kappa shape index (κ2) is 6.80. The monoisotopic (exact) mass is 253 g/mol. The first-order valence-electron chi connectivity index (χ1n) is 5.86. The third kappa shape index (κ3) is 4.21. The van der Waals surface area contributed by atoms with E-state index in [0.717, 1.165) is 12.2 Å². The number of nitrogens with zero attached hydrogens (tertiary/aromatic N) is 1. The van der Waals surface area contributed by atoms with E-state index in [1.165, 1.54) is 12.1 Å². The van der Waals surface area contributed by atoms with Crippen molar-refractivity contribution >= 4 is 17.1 Å². The Balaban J connectivity index is 2.85. The van der Waals surface area contributed by atoms with Crippen LogP contribution >= 0.6 is 0 Å². The zero-order valence-corrected chi connectivity index (χ0v) is 10.9. The van der Waals surface area contributed by atoms with Crippen LogP contribution in [0.4, 0.5) is 17.1 Å². The summed E-state index contributed by atoms with van der Waals surface area (Å²) < 4.78 is 5.12. The fraction of sp³-hybridized carbons (Fsp3) is 0.500. The van der Waals surface area contributed by atoms with E-state index in [2.05, 4.69) is 10.6 Å². The minimum absolute atomic E-state index is 0.0480. The van der Waals surface area contributed by atoms with E-state index in [9.17, 15) is 10.1 Å². The molecule has 0 aliphatic rings. The molecule has 1 rings (SSSR count). The van der Waals surface area contributed by atoms with Gasteiger partial charge in [0.05, 0.1) is 11.0 Å². The van der Waals surface area contributed by atoms with E-state index < -0.39 is 4.92 Å². The highest BCUT2D eigenvalue weighted by atomic mass is 16.6. The highest BCUT2D eigenvalue weighted by Crippen LogP contribution is 2.24. The molecular weight excluding hydrogens is 234 g/mol. The molecule has 1 atom stereocenters. The number of methoxy groups -OCH3 is 1. The first kappa shape index (κ1) is 14.2. The van der Waals surface area contributed by atoms with Crippen molar-refractivity contribution in [3.05, 3.63) is 28.3 Å². The van der Waals surface area contributed by atoms with Crippen molar-refractivity contribution in [3.63, 3.8) is 0 Å². The number of nitro benzene ring substituents is 1. The quantitative estimate of drug-likeness (QED) is 0.576. The predicted octanol–water partition coefficient (Wildman–Crippen LogP) is 2.47. The van der Waals surface area contributed by atoms with Crippen LogP contribution < -0.4 is 10.6 Å². The molecule has 1 unspecified atom stereocenters. The molecule has 6 heteroatoms.